The molecule has 0 unspecified atom stereocenters. The molecular weight excluding hydrogens is 342 g/mol. The summed E-state index contributed by atoms with van der Waals surface area (Å²) in [5, 5.41) is 13.4. The van der Waals surface area contributed by atoms with E-state index < -0.39 is 17.9 Å². The van der Waals surface area contributed by atoms with E-state index in [2.05, 4.69) is 9.89 Å². The summed E-state index contributed by atoms with van der Waals surface area (Å²) in [4.78, 5) is 5.00. The third-order valence-electron chi connectivity index (χ3n) is 3.32. The first-order chi connectivity index (χ1) is 11.7. The summed E-state index contributed by atoms with van der Waals surface area (Å²) in [6.45, 7) is 2.97. The number of halogens is 4. The first-order valence-corrected chi connectivity index (χ1v) is 7.17. The predicted molar refractivity (Wildman–Crippen MR) is 82.9 cm³/mol. The number of alkyl halides is 3. The minimum atomic E-state index is -4.98. The van der Waals surface area contributed by atoms with Crippen LogP contribution in [0.4, 0.5) is 17.6 Å². The Morgan fingerprint density at radius 2 is 1.92 bits per heavy atom. The monoisotopic (exact) mass is 357 g/mol. The van der Waals surface area contributed by atoms with Crippen LogP contribution in [0.1, 0.15) is 23.6 Å². The van der Waals surface area contributed by atoms with Gasteiger partial charge in [-0.3, -0.25) is 0 Å². The van der Waals surface area contributed by atoms with Crippen molar-refractivity contribution >= 4 is 5.71 Å². The van der Waals surface area contributed by atoms with Gasteiger partial charge in [0.15, 0.2) is 11.6 Å². The Labute approximate surface area is 141 Å². The Morgan fingerprint density at radius 3 is 2.56 bits per heavy atom. The maximum Gasteiger partial charge on any atom is 0.573 e. The zero-order chi connectivity index (χ0) is 18.6. The fourth-order valence-corrected chi connectivity index (χ4v) is 1.96. The van der Waals surface area contributed by atoms with Crippen molar-refractivity contribution in [3.8, 4) is 11.5 Å². The highest BCUT2D eigenvalue weighted by Gasteiger charge is 2.32. The molecule has 0 aliphatic carbocycles. The molecule has 8 heteroatoms. The van der Waals surface area contributed by atoms with Crippen LogP contribution >= 0.6 is 0 Å². The van der Waals surface area contributed by atoms with Gasteiger partial charge in [0, 0.05) is 11.1 Å². The van der Waals surface area contributed by atoms with Gasteiger partial charge < -0.3 is 14.7 Å². The lowest BCUT2D eigenvalue weighted by molar-refractivity contribution is -0.275. The average molecular weight is 357 g/mol. The largest absolute Gasteiger partial charge is 0.573 e. The second kappa shape index (κ2) is 7.42. The van der Waals surface area contributed by atoms with Gasteiger partial charge in [-0.15, -0.1) is 13.2 Å². The number of ether oxygens (including phenoxy) is 1. The minimum absolute atomic E-state index is 0.0927. The van der Waals surface area contributed by atoms with Crippen LogP contribution < -0.4 is 4.74 Å². The van der Waals surface area contributed by atoms with Gasteiger partial charge in [-0.1, -0.05) is 29.4 Å². The van der Waals surface area contributed by atoms with Crippen molar-refractivity contribution in [1.82, 2.24) is 0 Å². The summed E-state index contributed by atoms with van der Waals surface area (Å²) in [6, 6.07) is 8.27. The van der Waals surface area contributed by atoms with Gasteiger partial charge in [0.2, 0.25) is 0 Å². The zero-order valence-corrected chi connectivity index (χ0v) is 13.4. The number of oxime groups is 1. The Morgan fingerprint density at radius 1 is 1.20 bits per heavy atom. The number of rotatable bonds is 5. The Balaban J connectivity index is 2.08. The van der Waals surface area contributed by atoms with Crippen molar-refractivity contribution in [2.75, 3.05) is 0 Å². The van der Waals surface area contributed by atoms with E-state index >= 15 is 0 Å². The van der Waals surface area contributed by atoms with Gasteiger partial charge in [0.05, 0.1) is 5.71 Å². The molecule has 0 aliphatic rings. The highest BCUT2D eigenvalue weighted by molar-refractivity contribution is 5.98. The Hall–Kier alpha value is -2.77. The van der Waals surface area contributed by atoms with Crippen LogP contribution in [0.2, 0.25) is 0 Å². The number of hydrogen-bond donors (Lipinski definition) is 1. The molecule has 0 saturated heterocycles. The molecule has 25 heavy (non-hydrogen) atoms. The van der Waals surface area contributed by atoms with Crippen LogP contribution in [-0.4, -0.2) is 17.2 Å². The molecule has 0 aromatic heterocycles. The number of phenols is 1. The number of hydrogen-bond acceptors (Lipinski definition) is 4. The highest BCUT2D eigenvalue weighted by atomic mass is 19.4. The normalized spacial score (nSPS) is 12.2. The Bertz CT molecular complexity index is 788. The van der Waals surface area contributed by atoms with E-state index in [-0.39, 0.29) is 17.9 Å². The first-order valence-electron chi connectivity index (χ1n) is 7.17. The van der Waals surface area contributed by atoms with Crippen molar-refractivity contribution in [3.05, 3.63) is 58.9 Å². The third-order valence-corrected chi connectivity index (χ3v) is 3.32. The van der Waals surface area contributed by atoms with Crippen LogP contribution in [0.15, 0.2) is 41.6 Å². The summed E-state index contributed by atoms with van der Waals surface area (Å²) >= 11 is 0. The molecular formula is C17H15F4NO3. The molecule has 2 aromatic carbocycles. The molecule has 0 fully saturated rings. The summed E-state index contributed by atoms with van der Waals surface area (Å²) in [6.07, 6.45) is -4.98. The quantitative estimate of drug-likeness (QED) is 0.480. The average Bonchev–Trinajstić information content (AvgIpc) is 2.52. The maximum atomic E-state index is 14.0. The molecule has 0 bridgehead atoms. The Kier molecular flexibility index (Phi) is 5.51. The second-order valence-corrected chi connectivity index (χ2v) is 5.23. The molecule has 0 amide bonds. The van der Waals surface area contributed by atoms with Crippen LogP contribution in [0.3, 0.4) is 0 Å². The van der Waals surface area contributed by atoms with Crippen molar-refractivity contribution in [1.29, 1.82) is 0 Å². The molecule has 2 aromatic rings. The zero-order valence-electron chi connectivity index (χ0n) is 13.4. The lowest BCUT2D eigenvalue weighted by Crippen LogP contribution is -2.18. The maximum absolute atomic E-state index is 14.0. The SMILES string of the molecule is C/C(=N\OCc1cccc(OC(F)(F)F)c1F)c1ccc(C)c(O)c1. The summed E-state index contributed by atoms with van der Waals surface area (Å²) in [5.74, 6) is -2.01. The van der Waals surface area contributed by atoms with E-state index in [0.29, 0.717) is 16.8 Å². The molecule has 1 N–H and O–H groups in total. The van der Waals surface area contributed by atoms with Crippen molar-refractivity contribution in [2.24, 2.45) is 5.16 Å². The van der Waals surface area contributed by atoms with Crippen molar-refractivity contribution < 1.29 is 32.2 Å². The second-order valence-electron chi connectivity index (χ2n) is 5.23. The van der Waals surface area contributed by atoms with Crippen LogP contribution in [0.5, 0.6) is 11.5 Å². The van der Waals surface area contributed by atoms with E-state index in [1.807, 2.05) is 0 Å². The van der Waals surface area contributed by atoms with Gasteiger partial charge >= 0.3 is 6.36 Å². The lowest BCUT2D eigenvalue weighted by Gasteiger charge is -2.11. The lowest BCUT2D eigenvalue weighted by atomic mass is 10.1. The smallest absolute Gasteiger partial charge is 0.508 e. The molecule has 0 aliphatic heterocycles. The predicted octanol–water partition coefficient (Wildman–Crippen LogP) is 4.68. The number of aryl methyl sites for hydroxylation is 1. The number of benzene rings is 2. The fourth-order valence-electron chi connectivity index (χ4n) is 1.96. The molecule has 0 radical (unpaired) electrons. The number of phenolic OH excluding ortho intramolecular Hbond substituents is 1. The van der Waals surface area contributed by atoms with Crippen molar-refractivity contribution in [3.63, 3.8) is 0 Å². The van der Waals surface area contributed by atoms with Gasteiger partial charge in [-0.25, -0.2) is 4.39 Å². The fraction of sp³-hybridized carbons (Fsp3) is 0.235. The molecule has 0 spiro atoms. The van der Waals surface area contributed by atoms with E-state index in [4.69, 9.17) is 4.84 Å². The first kappa shape index (κ1) is 18.6. The topological polar surface area (TPSA) is 51.0 Å². The van der Waals surface area contributed by atoms with Gasteiger partial charge in [0.1, 0.15) is 12.4 Å². The van der Waals surface area contributed by atoms with Crippen LogP contribution in [-0.2, 0) is 11.4 Å². The van der Waals surface area contributed by atoms with Gasteiger partial charge in [0.25, 0.3) is 0 Å². The van der Waals surface area contributed by atoms with E-state index in [9.17, 15) is 22.7 Å². The van der Waals surface area contributed by atoms with Crippen molar-refractivity contribution in [2.45, 2.75) is 26.8 Å². The number of nitrogens with zero attached hydrogens (tertiary/aromatic N) is 1. The van der Waals surface area contributed by atoms with Crippen LogP contribution in [0.25, 0.3) is 0 Å². The van der Waals surface area contributed by atoms with E-state index in [1.54, 1.807) is 26.0 Å². The molecule has 134 valence electrons. The summed E-state index contributed by atoms with van der Waals surface area (Å²) in [5.41, 5.74) is 1.57. The standard InChI is InChI=1S/C17H15F4NO3/c1-10-6-7-12(8-14(10)23)11(2)22-24-9-13-4-3-5-15(16(13)18)25-17(19,20)21/h3-8,23H,9H2,1-2H3/b22-11+. The summed E-state index contributed by atoms with van der Waals surface area (Å²) < 4.78 is 54.2. The molecule has 2 rings (SSSR count). The van der Waals surface area contributed by atoms with Gasteiger partial charge in [-0.2, -0.15) is 0 Å². The minimum Gasteiger partial charge on any atom is -0.508 e. The molecule has 0 atom stereocenters. The molecule has 0 saturated carbocycles. The highest BCUT2D eigenvalue weighted by Crippen LogP contribution is 2.27. The van der Waals surface area contributed by atoms with Gasteiger partial charge in [-0.05, 0) is 31.5 Å². The molecule has 4 nitrogen and oxygen atoms in total. The van der Waals surface area contributed by atoms with E-state index in [1.165, 1.54) is 18.2 Å². The van der Waals surface area contributed by atoms with E-state index in [0.717, 1.165) is 6.07 Å². The van der Waals surface area contributed by atoms with Crippen LogP contribution in [0, 0.1) is 12.7 Å². The third kappa shape index (κ3) is 5.10. The number of aromatic hydroxyl groups is 1. The molecule has 0 heterocycles. The summed E-state index contributed by atoms with van der Waals surface area (Å²) in [7, 11) is 0.